The van der Waals surface area contributed by atoms with Crippen molar-refractivity contribution in [2.24, 2.45) is 0 Å². The minimum Gasteiger partial charge on any atom is -0.328 e. The summed E-state index contributed by atoms with van der Waals surface area (Å²) in [7, 11) is 3.89. The summed E-state index contributed by atoms with van der Waals surface area (Å²) in [6.45, 7) is 4.02. The summed E-state index contributed by atoms with van der Waals surface area (Å²) in [5, 5.41) is 1.99. The van der Waals surface area contributed by atoms with Crippen LogP contribution in [0.5, 0.6) is 0 Å². The van der Waals surface area contributed by atoms with Crippen LogP contribution in [-0.4, -0.2) is 61.9 Å². The van der Waals surface area contributed by atoms with Gasteiger partial charge in [-0.2, -0.15) is 0 Å². The minimum absolute atomic E-state index is 0.0200. The first-order valence-electron chi connectivity index (χ1n) is 6.93. The molecule has 0 N–H and O–H groups in total. The maximum Gasteiger partial charge on any atom is 0.246 e. The molecule has 1 aromatic heterocycles. The van der Waals surface area contributed by atoms with Gasteiger partial charge in [-0.1, -0.05) is 6.08 Å². The molecule has 1 fully saturated rings. The van der Waals surface area contributed by atoms with E-state index in [0.29, 0.717) is 19.6 Å². The maximum absolute atomic E-state index is 12.2. The van der Waals surface area contributed by atoms with Gasteiger partial charge in [0.1, 0.15) is 6.54 Å². The lowest BCUT2D eigenvalue weighted by molar-refractivity contribution is -0.133. The molecule has 2 amide bonds. The summed E-state index contributed by atoms with van der Waals surface area (Å²) in [5.41, 5.74) is 0.942. The SMILES string of the molecule is Cc1cc(N2CCN(C(=O)/C=C/CN(C)C)CC2=O)cs1. The Bertz CT molecular complexity index is 551. The molecule has 1 saturated heterocycles. The molecule has 1 aliphatic heterocycles. The molecule has 5 nitrogen and oxygen atoms in total. The Morgan fingerprint density at radius 2 is 2.19 bits per heavy atom. The van der Waals surface area contributed by atoms with Gasteiger partial charge in [-0.3, -0.25) is 9.59 Å². The number of likely N-dealkylation sites (N-methyl/N-ethyl adjacent to an activating group) is 1. The first-order valence-corrected chi connectivity index (χ1v) is 7.81. The Morgan fingerprint density at radius 1 is 1.43 bits per heavy atom. The van der Waals surface area contributed by atoms with Crippen molar-refractivity contribution in [3.63, 3.8) is 0 Å². The largest absolute Gasteiger partial charge is 0.328 e. The summed E-state index contributed by atoms with van der Waals surface area (Å²) in [6, 6.07) is 2.01. The number of rotatable bonds is 4. The third kappa shape index (κ3) is 4.15. The van der Waals surface area contributed by atoms with Crippen molar-refractivity contribution < 1.29 is 9.59 Å². The lowest BCUT2D eigenvalue weighted by Gasteiger charge is -2.33. The normalized spacial score (nSPS) is 16.3. The highest BCUT2D eigenvalue weighted by molar-refractivity contribution is 7.10. The molecule has 0 unspecified atom stereocenters. The van der Waals surface area contributed by atoms with Crippen LogP contribution in [-0.2, 0) is 9.59 Å². The minimum atomic E-state index is -0.0913. The average molecular weight is 307 g/mol. The standard InChI is InChI=1S/C15H21N3O2S/c1-12-9-13(11-21-12)18-8-7-17(10-15(18)20)14(19)5-4-6-16(2)3/h4-5,9,11H,6-8,10H2,1-3H3/b5-4+. The monoisotopic (exact) mass is 307 g/mol. The lowest BCUT2D eigenvalue weighted by atomic mass is 10.2. The van der Waals surface area contributed by atoms with Gasteiger partial charge in [0.2, 0.25) is 11.8 Å². The van der Waals surface area contributed by atoms with Gasteiger partial charge in [0.25, 0.3) is 0 Å². The van der Waals surface area contributed by atoms with Crippen molar-refractivity contribution in [2.45, 2.75) is 6.92 Å². The third-order valence-corrected chi connectivity index (χ3v) is 4.14. The van der Waals surface area contributed by atoms with E-state index in [9.17, 15) is 9.59 Å². The number of amides is 2. The van der Waals surface area contributed by atoms with Crippen LogP contribution >= 0.6 is 11.3 Å². The van der Waals surface area contributed by atoms with Crippen LogP contribution in [0, 0.1) is 6.92 Å². The van der Waals surface area contributed by atoms with Crippen LogP contribution in [0.1, 0.15) is 4.88 Å². The Labute approximate surface area is 129 Å². The van der Waals surface area contributed by atoms with E-state index in [1.54, 1.807) is 27.2 Å². The van der Waals surface area contributed by atoms with E-state index in [4.69, 9.17) is 0 Å². The number of anilines is 1. The Kier molecular flexibility index (Phi) is 5.14. The number of carbonyl (C=O) groups is 2. The number of nitrogens with zero attached hydrogens (tertiary/aromatic N) is 3. The zero-order chi connectivity index (χ0) is 15.4. The number of carbonyl (C=O) groups excluding carboxylic acids is 2. The van der Waals surface area contributed by atoms with Crippen molar-refractivity contribution in [1.29, 1.82) is 0 Å². The van der Waals surface area contributed by atoms with E-state index in [-0.39, 0.29) is 18.4 Å². The number of aryl methyl sites for hydroxylation is 1. The molecule has 1 aliphatic rings. The molecule has 2 rings (SSSR count). The molecule has 2 heterocycles. The van der Waals surface area contributed by atoms with Crippen molar-refractivity contribution in [3.05, 3.63) is 28.5 Å². The van der Waals surface area contributed by atoms with E-state index >= 15 is 0 Å². The highest BCUT2D eigenvalue weighted by atomic mass is 32.1. The maximum atomic E-state index is 12.2. The zero-order valence-electron chi connectivity index (χ0n) is 12.7. The van der Waals surface area contributed by atoms with E-state index < -0.39 is 0 Å². The highest BCUT2D eigenvalue weighted by Gasteiger charge is 2.27. The van der Waals surface area contributed by atoms with Gasteiger partial charge in [0, 0.05) is 36.0 Å². The second kappa shape index (κ2) is 6.87. The first kappa shape index (κ1) is 15.7. The molecule has 0 bridgehead atoms. The van der Waals surface area contributed by atoms with E-state index in [2.05, 4.69) is 0 Å². The average Bonchev–Trinajstić information content (AvgIpc) is 2.84. The van der Waals surface area contributed by atoms with E-state index in [1.807, 2.05) is 43.4 Å². The van der Waals surface area contributed by atoms with E-state index in [0.717, 1.165) is 5.69 Å². The van der Waals surface area contributed by atoms with Crippen LogP contribution in [0.25, 0.3) is 0 Å². The number of hydrogen-bond acceptors (Lipinski definition) is 4. The quantitative estimate of drug-likeness (QED) is 0.789. The smallest absolute Gasteiger partial charge is 0.246 e. The second-order valence-corrected chi connectivity index (χ2v) is 6.50. The fourth-order valence-electron chi connectivity index (χ4n) is 2.18. The fourth-order valence-corrected chi connectivity index (χ4v) is 2.87. The predicted octanol–water partition coefficient (Wildman–Crippen LogP) is 1.35. The second-order valence-electron chi connectivity index (χ2n) is 5.39. The molecule has 0 aromatic carbocycles. The Balaban J connectivity index is 1.93. The van der Waals surface area contributed by atoms with Gasteiger partial charge in [-0.25, -0.2) is 0 Å². The number of hydrogen-bond donors (Lipinski definition) is 0. The summed E-state index contributed by atoms with van der Waals surface area (Å²) < 4.78 is 0. The first-order chi connectivity index (χ1) is 9.97. The third-order valence-electron chi connectivity index (χ3n) is 3.29. The van der Waals surface area contributed by atoms with Crippen molar-refractivity contribution in [2.75, 3.05) is 45.2 Å². The summed E-state index contributed by atoms with van der Waals surface area (Å²) >= 11 is 1.63. The summed E-state index contributed by atoms with van der Waals surface area (Å²) in [5.74, 6) is -0.111. The molecule has 114 valence electrons. The molecular weight excluding hydrogens is 286 g/mol. The van der Waals surface area contributed by atoms with Crippen LogP contribution in [0.3, 0.4) is 0 Å². The van der Waals surface area contributed by atoms with Crippen molar-refractivity contribution in [1.82, 2.24) is 9.80 Å². The van der Waals surface area contributed by atoms with Crippen LogP contribution in [0.15, 0.2) is 23.6 Å². The molecular formula is C15H21N3O2S. The predicted molar refractivity (Wildman–Crippen MR) is 85.7 cm³/mol. The number of piperazine rings is 1. The van der Waals surface area contributed by atoms with E-state index in [1.165, 1.54) is 4.88 Å². The van der Waals surface area contributed by atoms with Gasteiger partial charge in [-0.05, 0) is 27.1 Å². The van der Waals surface area contributed by atoms with Crippen molar-refractivity contribution >= 4 is 28.8 Å². The molecule has 21 heavy (non-hydrogen) atoms. The summed E-state index contributed by atoms with van der Waals surface area (Å²) in [6.07, 6.45) is 3.37. The van der Waals surface area contributed by atoms with Gasteiger partial charge >= 0.3 is 0 Å². The molecule has 6 heteroatoms. The Morgan fingerprint density at radius 3 is 2.76 bits per heavy atom. The molecule has 0 spiro atoms. The molecule has 0 radical (unpaired) electrons. The molecule has 1 aromatic rings. The molecule has 0 saturated carbocycles. The van der Waals surface area contributed by atoms with Gasteiger partial charge in [-0.15, -0.1) is 11.3 Å². The topological polar surface area (TPSA) is 43.9 Å². The Hall–Kier alpha value is -1.66. The van der Waals surface area contributed by atoms with Crippen LogP contribution in [0.2, 0.25) is 0 Å². The zero-order valence-corrected chi connectivity index (χ0v) is 13.5. The lowest BCUT2D eigenvalue weighted by Crippen LogP contribution is -2.52. The van der Waals surface area contributed by atoms with Crippen LogP contribution in [0.4, 0.5) is 5.69 Å². The molecule has 0 aliphatic carbocycles. The fraction of sp³-hybridized carbons (Fsp3) is 0.467. The van der Waals surface area contributed by atoms with Gasteiger partial charge in [0.15, 0.2) is 0 Å². The van der Waals surface area contributed by atoms with Crippen molar-refractivity contribution in [3.8, 4) is 0 Å². The van der Waals surface area contributed by atoms with Gasteiger partial charge in [0.05, 0.1) is 5.69 Å². The number of thiophene rings is 1. The van der Waals surface area contributed by atoms with Gasteiger partial charge < -0.3 is 14.7 Å². The molecule has 0 atom stereocenters. The summed E-state index contributed by atoms with van der Waals surface area (Å²) in [4.78, 5) is 30.8. The highest BCUT2D eigenvalue weighted by Crippen LogP contribution is 2.24. The van der Waals surface area contributed by atoms with Crippen LogP contribution < -0.4 is 4.90 Å².